The summed E-state index contributed by atoms with van der Waals surface area (Å²) in [6.45, 7) is 13.8. The van der Waals surface area contributed by atoms with E-state index in [4.69, 9.17) is 4.74 Å². The van der Waals surface area contributed by atoms with Crippen molar-refractivity contribution in [3.8, 4) is 0 Å². The van der Waals surface area contributed by atoms with Crippen LogP contribution in [-0.4, -0.2) is 48.8 Å². The highest BCUT2D eigenvalue weighted by atomic mass is 16.5. The molecule has 19 heavy (non-hydrogen) atoms. The molecule has 1 N–H and O–H groups in total. The van der Waals surface area contributed by atoms with Gasteiger partial charge in [-0.05, 0) is 38.5 Å². The van der Waals surface area contributed by atoms with Gasteiger partial charge in [-0.1, -0.05) is 20.8 Å². The molecule has 3 nitrogen and oxygen atoms in total. The van der Waals surface area contributed by atoms with Crippen molar-refractivity contribution in [3.63, 3.8) is 0 Å². The highest BCUT2D eigenvalue weighted by molar-refractivity contribution is 4.97. The number of hydrogen-bond donors (Lipinski definition) is 1. The van der Waals surface area contributed by atoms with E-state index in [1.54, 1.807) is 0 Å². The standard InChI is InChI=1S/C16H32N2O/c1-5-15-10-17-16(6-2,7-3)12-18(15)11-14-8-9-19-13(14)4/h13-15,17H,5-12H2,1-4H3. The second kappa shape index (κ2) is 6.55. The third kappa shape index (κ3) is 3.32. The van der Waals surface area contributed by atoms with Gasteiger partial charge in [-0.3, -0.25) is 4.90 Å². The lowest BCUT2D eigenvalue weighted by atomic mass is 9.87. The van der Waals surface area contributed by atoms with Gasteiger partial charge in [0.1, 0.15) is 0 Å². The van der Waals surface area contributed by atoms with Crippen molar-refractivity contribution in [3.05, 3.63) is 0 Å². The maximum absolute atomic E-state index is 5.74. The average Bonchev–Trinajstić information content (AvgIpc) is 2.84. The Morgan fingerprint density at radius 2 is 2.00 bits per heavy atom. The number of ether oxygens (including phenoxy) is 1. The van der Waals surface area contributed by atoms with Gasteiger partial charge in [0, 0.05) is 37.8 Å². The summed E-state index contributed by atoms with van der Waals surface area (Å²) in [6, 6.07) is 0.707. The molecular formula is C16H32N2O. The van der Waals surface area contributed by atoms with Crippen LogP contribution in [0.2, 0.25) is 0 Å². The summed E-state index contributed by atoms with van der Waals surface area (Å²) >= 11 is 0. The summed E-state index contributed by atoms with van der Waals surface area (Å²) in [5.74, 6) is 0.735. The molecule has 2 saturated heterocycles. The molecule has 2 aliphatic heterocycles. The van der Waals surface area contributed by atoms with Crippen LogP contribution in [0.15, 0.2) is 0 Å². The Morgan fingerprint density at radius 3 is 2.53 bits per heavy atom. The van der Waals surface area contributed by atoms with E-state index >= 15 is 0 Å². The first-order valence-electron chi connectivity index (χ1n) is 8.24. The van der Waals surface area contributed by atoms with Crippen molar-refractivity contribution in [1.82, 2.24) is 10.2 Å². The van der Waals surface area contributed by atoms with E-state index in [-0.39, 0.29) is 0 Å². The zero-order valence-corrected chi connectivity index (χ0v) is 13.2. The van der Waals surface area contributed by atoms with Gasteiger partial charge in [-0.2, -0.15) is 0 Å². The molecule has 0 aromatic rings. The molecule has 3 heteroatoms. The van der Waals surface area contributed by atoms with Crippen molar-refractivity contribution in [2.45, 2.75) is 71.1 Å². The lowest BCUT2D eigenvalue weighted by Gasteiger charge is -2.48. The van der Waals surface area contributed by atoms with Gasteiger partial charge >= 0.3 is 0 Å². The highest BCUT2D eigenvalue weighted by Crippen LogP contribution is 2.28. The fraction of sp³-hybridized carbons (Fsp3) is 1.00. The lowest BCUT2D eigenvalue weighted by molar-refractivity contribution is 0.0391. The van der Waals surface area contributed by atoms with Gasteiger partial charge in [0.2, 0.25) is 0 Å². The van der Waals surface area contributed by atoms with Crippen molar-refractivity contribution >= 4 is 0 Å². The van der Waals surface area contributed by atoms with E-state index < -0.39 is 0 Å². The normalized spacial score (nSPS) is 35.7. The van der Waals surface area contributed by atoms with E-state index in [1.165, 1.54) is 38.8 Å². The maximum Gasteiger partial charge on any atom is 0.0588 e. The first-order chi connectivity index (χ1) is 9.14. The molecule has 2 fully saturated rings. The summed E-state index contributed by atoms with van der Waals surface area (Å²) in [5.41, 5.74) is 0.342. The monoisotopic (exact) mass is 268 g/mol. The molecule has 2 rings (SSSR count). The number of nitrogens with one attached hydrogen (secondary N) is 1. The van der Waals surface area contributed by atoms with Crippen LogP contribution in [0.25, 0.3) is 0 Å². The van der Waals surface area contributed by atoms with E-state index in [0.29, 0.717) is 17.7 Å². The number of nitrogens with zero attached hydrogens (tertiary/aromatic N) is 1. The van der Waals surface area contributed by atoms with Gasteiger partial charge in [0.25, 0.3) is 0 Å². The maximum atomic E-state index is 5.74. The van der Waals surface area contributed by atoms with Crippen LogP contribution in [0.4, 0.5) is 0 Å². The number of hydrogen-bond acceptors (Lipinski definition) is 3. The summed E-state index contributed by atoms with van der Waals surface area (Å²) in [4.78, 5) is 2.75. The lowest BCUT2D eigenvalue weighted by Crippen LogP contribution is -2.64. The van der Waals surface area contributed by atoms with Crippen LogP contribution >= 0.6 is 0 Å². The van der Waals surface area contributed by atoms with E-state index in [0.717, 1.165) is 19.1 Å². The number of rotatable bonds is 5. The quantitative estimate of drug-likeness (QED) is 0.829. The minimum atomic E-state index is 0.342. The van der Waals surface area contributed by atoms with Gasteiger partial charge in [0.05, 0.1) is 6.10 Å². The SMILES string of the molecule is CCC1CNC(CC)(CC)CN1CC1CCOC1C. The molecule has 0 saturated carbocycles. The summed E-state index contributed by atoms with van der Waals surface area (Å²) in [5, 5.41) is 3.83. The zero-order chi connectivity index (χ0) is 13.9. The largest absolute Gasteiger partial charge is 0.378 e. The molecule has 0 amide bonds. The van der Waals surface area contributed by atoms with Gasteiger partial charge in [0.15, 0.2) is 0 Å². The Bertz CT molecular complexity index is 278. The molecule has 112 valence electrons. The van der Waals surface area contributed by atoms with Gasteiger partial charge < -0.3 is 10.1 Å². The van der Waals surface area contributed by atoms with Crippen LogP contribution in [0.5, 0.6) is 0 Å². The Morgan fingerprint density at radius 1 is 1.26 bits per heavy atom. The van der Waals surface area contributed by atoms with Crippen LogP contribution < -0.4 is 5.32 Å². The van der Waals surface area contributed by atoms with E-state index in [9.17, 15) is 0 Å². The Balaban J connectivity index is 2.01. The second-order valence-electron chi connectivity index (χ2n) is 6.48. The minimum Gasteiger partial charge on any atom is -0.378 e. The number of piperazine rings is 1. The summed E-state index contributed by atoms with van der Waals surface area (Å²) < 4.78 is 5.74. The molecule has 0 aromatic heterocycles. The topological polar surface area (TPSA) is 24.5 Å². The Labute approximate surface area is 119 Å². The average molecular weight is 268 g/mol. The Kier molecular flexibility index (Phi) is 5.27. The van der Waals surface area contributed by atoms with Gasteiger partial charge in [-0.15, -0.1) is 0 Å². The molecule has 0 aliphatic carbocycles. The molecule has 3 atom stereocenters. The van der Waals surface area contributed by atoms with E-state index in [2.05, 4.69) is 37.9 Å². The van der Waals surface area contributed by atoms with E-state index in [1.807, 2.05) is 0 Å². The molecule has 0 aromatic carbocycles. The fourth-order valence-electron chi connectivity index (χ4n) is 3.69. The van der Waals surface area contributed by atoms with Crippen molar-refractivity contribution in [1.29, 1.82) is 0 Å². The predicted octanol–water partition coefficient (Wildman–Crippen LogP) is 2.65. The van der Waals surface area contributed by atoms with Crippen molar-refractivity contribution in [2.24, 2.45) is 5.92 Å². The van der Waals surface area contributed by atoms with Crippen LogP contribution in [0.3, 0.4) is 0 Å². The van der Waals surface area contributed by atoms with Crippen LogP contribution in [0.1, 0.15) is 53.4 Å². The molecule has 2 heterocycles. The van der Waals surface area contributed by atoms with Crippen LogP contribution in [0, 0.1) is 5.92 Å². The first kappa shape index (κ1) is 15.3. The second-order valence-corrected chi connectivity index (χ2v) is 6.48. The van der Waals surface area contributed by atoms with Crippen molar-refractivity contribution in [2.75, 3.05) is 26.2 Å². The molecular weight excluding hydrogens is 236 g/mol. The minimum absolute atomic E-state index is 0.342. The third-order valence-corrected chi connectivity index (χ3v) is 5.56. The molecule has 0 radical (unpaired) electrons. The molecule has 0 bridgehead atoms. The van der Waals surface area contributed by atoms with Crippen LogP contribution in [-0.2, 0) is 4.74 Å². The first-order valence-corrected chi connectivity index (χ1v) is 8.24. The predicted molar refractivity (Wildman–Crippen MR) is 80.5 cm³/mol. The molecule has 2 aliphatic rings. The van der Waals surface area contributed by atoms with Gasteiger partial charge in [-0.25, -0.2) is 0 Å². The van der Waals surface area contributed by atoms with Crippen molar-refractivity contribution < 1.29 is 4.74 Å². The summed E-state index contributed by atoms with van der Waals surface area (Å²) in [7, 11) is 0. The fourth-order valence-corrected chi connectivity index (χ4v) is 3.69. The molecule has 3 unspecified atom stereocenters. The highest BCUT2D eigenvalue weighted by Gasteiger charge is 2.38. The smallest absolute Gasteiger partial charge is 0.0588 e. The molecule has 0 spiro atoms. The third-order valence-electron chi connectivity index (χ3n) is 5.56. The summed E-state index contributed by atoms with van der Waals surface area (Å²) in [6.07, 6.45) is 5.40. The zero-order valence-electron chi connectivity index (χ0n) is 13.2. The Hall–Kier alpha value is -0.120.